The fourth-order valence-electron chi connectivity index (χ4n) is 9.17. The zero-order valence-corrected chi connectivity index (χ0v) is 39.8. The van der Waals surface area contributed by atoms with E-state index in [1.165, 1.54) is 10.6 Å². The van der Waals surface area contributed by atoms with E-state index in [9.17, 15) is 18.8 Å². The number of nitrogens with zero attached hydrogens (tertiary/aromatic N) is 6. The van der Waals surface area contributed by atoms with Gasteiger partial charge in [-0.05, 0) is 74.3 Å². The molecular formula is C48H62F2N8O9S. The van der Waals surface area contributed by atoms with Gasteiger partial charge in [0.2, 0.25) is 17.6 Å². The van der Waals surface area contributed by atoms with Crippen LogP contribution in [0.5, 0.6) is 17.4 Å². The molecule has 17 nitrogen and oxygen atoms in total. The van der Waals surface area contributed by atoms with Gasteiger partial charge in [-0.2, -0.15) is 4.39 Å². The Balaban J connectivity index is 0.727. The molecule has 2 aliphatic heterocycles. The van der Waals surface area contributed by atoms with E-state index in [1.54, 1.807) is 54.4 Å². The number of carbonyl (C=O) groups excluding carboxylic acids is 3. The van der Waals surface area contributed by atoms with Gasteiger partial charge in [-0.3, -0.25) is 24.3 Å². The third-order valence-corrected chi connectivity index (χ3v) is 14.1. The lowest BCUT2D eigenvalue weighted by molar-refractivity contribution is -0.140. The highest BCUT2D eigenvalue weighted by Crippen LogP contribution is 2.35. The number of halogens is 2. The molecule has 0 bridgehead atoms. The second kappa shape index (κ2) is 23.3. The Morgan fingerprint density at radius 1 is 0.882 bits per heavy atom. The Morgan fingerprint density at radius 2 is 1.59 bits per heavy atom. The summed E-state index contributed by atoms with van der Waals surface area (Å²) in [5.74, 6) is -1.21. The van der Waals surface area contributed by atoms with Crippen molar-refractivity contribution in [2.45, 2.75) is 76.6 Å². The summed E-state index contributed by atoms with van der Waals surface area (Å²) in [4.78, 5) is 50.7. The van der Waals surface area contributed by atoms with Crippen LogP contribution in [-0.4, -0.2) is 151 Å². The Morgan fingerprint density at radius 3 is 2.32 bits per heavy atom. The van der Waals surface area contributed by atoms with Gasteiger partial charge in [0.1, 0.15) is 36.8 Å². The van der Waals surface area contributed by atoms with Crippen LogP contribution in [0.4, 0.5) is 8.78 Å². The number of fused-ring (bicyclic) bond motifs is 2. The minimum Gasteiger partial charge on any atom is -0.489 e. The average molecular weight is 965 g/mol. The van der Waals surface area contributed by atoms with Crippen LogP contribution in [0.2, 0.25) is 0 Å². The fourth-order valence-corrected chi connectivity index (χ4v) is 9.98. The molecule has 6 heterocycles. The van der Waals surface area contributed by atoms with Gasteiger partial charge in [0, 0.05) is 70.0 Å². The highest BCUT2D eigenvalue weighted by molar-refractivity contribution is 7.17. The first kappa shape index (κ1) is 49.0. The zero-order valence-electron chi connectivity index (χ0n) is 39.0. The molecule has 5 aromatic rings. The largest absolute Gasteiger partial charge is 0.489 e. The molecule has 368 valence electrons. The third kappa shape index (κ3) is 11.9. The summed E-state index contributed by atoms with van der Waals surface area (Å²) in [6.45, 7) is 6.29. The number of nitrogens with one attached hydrogen (secondary N) is 2. The smallest absolute Gasteiger partial charge is 0.270 e. The van der Waals surface area contributed by atoms with Crippen LogP contribution in [0, 0.1) is 17.6 Å². The number of pyridine rings is 1. The molecule has 2 N–H and O–H groups in total. The lowest BCUT2D eigenvalue weighted by atomic mass is 9.83. The Hall–Kier alpha value is -5.41. The number of benzene rings is 1. The highest BCUT2D eigenvalue weighted by Gasteiger charge is 2.37. The van der Waals surface area contributed by atoms with Crippen LogP contribution < -0.4 is 24.8 Å². The number of aromatic nitrogens is 3. The van der Waals surface area contributed by atoms with Crippen molar-refractivity contribution in [2.75, 3.05) is 86.0 Å². The Kier molecular flexibility index (Phi) is 16.8. The maximum absolute atomic E-state index is 15.2. The van der Waals surface area contributed by atoms with Crippen molar-refractivity contribution in [1.82, 2.24) is 40.0 Å². The molecular weight excluding hydrogens is 903 g/mol. The minimum atomic E-state index is -1.16. The molecule has 0 radical (unpaired) electrons. The lowest BCUT2D eigenvalue weighted by Crippen LogP contribution is -2.59. The van der Waals surface area contributed by atoms with Gasteiger partial charge in [0.05, 0.1) is 54.7 Å². The normalized spacial score (nSPS) is 17.4. The highest BCUT2D eigenvalue weighted by atomic mass is 32.1. The van der Waals surface area contributed by atoms with Crippen molar-refractivity contribution in [3.8, 4) is 17.4 Å². The average Bonchev–Trinajstić information content (AvgIpc) is 4.12. The summed E-state index contributed by atoms with van der Waals surface area (Å²) in [5, 5.41) is 12.3. The van der Waals surface area contributed by atoms with E-state index in [4.69, 9.17) is 28.2 Å². The number of amides is 3. The molecule has 4 aromatic heterocycles. The molecule has 1 saturated carbocycles. The van der Waals surface area contributed by atoms with E-state index < -0.39 is 23.7 Å². The third-order valence-electron chi connectivity index (χ3n) is 13.2. The number of likely N-dealkylation sites (tertiary alicyclic amines) is 1. The van der Waals surface area contributed by atoms with Gasteiger partial charge in [-0.15, -0.1) is 11.3 Å². The zero-order chi connectivity index (χ0) is 47.6. The molecule has 8 rings (SSSR count). The first-order valence-corrected chi connectivity index (χ1v) is 24.6. The molecule has 1 unspecified atom stereocenters. The molecule has 3 amide bonds. The molecule has 0 spiro atoms. The minimum absolute atomic E-state index is 0.0561. The summed E-state index contributed by atoms with van der Waals surface area (Å²) in [6.07, 6.45) is 8.64. The molecule has 20 heteroatoms. The number of aryl methyl sites for hydroxylation is 1. The maximum atomic E-state index is 15.2. The van der Waals surface area contributed by atoms with Gasteiger partial charge in [0.25, 0.3) is 11.8 Å². The fraction of sp³-hybridized carbons (Fsp3) is 0.562. The van der Waals surface area contributed by atoms with E-state index in [2.05, 4.69) is 25.7 Å². The van der Waals surface area contributed by atoms with E-state index in [1.807, 2.05) is 17.5 Å². The van der Waals surface area contributed by atoms with Gasteiger partial charge in [-0.1, -0.05) is 19.3 Å². The quantitative estimate of drug-likeness (QED) is 0.0878. The van der Waals surface area contributed by atoms with Crippen LogP contribution in [0.1, 0.15) is 68.1 Å². The van der Waals surface area contributed by atoms with Crippen LogP contribution >= 0.6 is 11.3 Å². The van der Waals surface area contributed by atoms with Crippen molar-refractivity contribution < 1.29 is 51.4 Å². The van der Waals surface area contributed by atoms with Crippen LogP contribution in [0.3, 0.4) is 0 Å². The number of piperidine rings is 1. The molecule has 3 aliphatic rings. The number of rotatable bonds is 21. The van der Waals surface area contributed by atoms with Crippen LogP contribution in [0.15, 0.2) is 46.4 Å². The van der Waals surface area contributed by atoms with Gasteiger partial charge < -0.3 is 53.2 Å². The first-order valence-electron chi connectivity index (χ1n) is 23.7. The number of hydrogen-bond donors (Lipinski definition) is 2. The number of thiophene rings is 1. The topological polar surface area (TPSA) is 175 Å². The molecule has 1 aliphatic carbocycles. The van der Waals surface area contributed by atoms with E-state index in [0.717, 1.165) is 80.1 Å². The lowest BCUT2D eigenvalue weighted by Gasteiger charge is -2.39. The second-order valence-electron chi connectivity index (χ2n) is 17.6. The standard InChI is InChI=1S/C48H62F2N8O9S/c1-31(51-2)46(59)53-43(32-7-5-4-6-8-32)48(61)58-18-16-57(17-19-58)47(60)39-28-35-38(55(39)3)29-36(49)42(50)44(35)65-25-23-63-21-20-62-22-24-64-41-27-34(67-54-41)30-56-14-10-33(11-15-56)66-40-9-13-52-37-12-26-68-45(37)40/h9,12-13,26-29,31-33,43,51H,4-8,10-11,14-25,30H2,1-3H3,(H,53,59)/t31-,43?/m0/s1. The van der Waals surface area contributed by atoms with E-state index in [0.29, 0.717) is 36.8 Å². The van der Waals surface area contributed by atoms with E-state index >= 15 is 4.39 Å². The number of piperazine rings is 1. The maximum Gasteiger partial charge on any atom is 0.270 e. The summed E-state index contributed by atoms with van der Waals surface area (Å²) >= 11 is 1.64. The van der Waals surface area contributed by atoms with Crippen molar-refractivity contribution in [1.29, 1.82) is 0 Å². The summed E-state index contributed by atoms with van der Waals surface area (Å²) < 4.78 is 67.2. The van der Waals surface area contributed by atoms with Gasteiger partial charge >= 0.3 is 0 Å². The van der Waals surface area contributed by atoms with Crippen molar-refractivity contribution in [3.63, 3.8) is 0 Å². The summed E-state index contributed by atoms with van der Waals surface area (Å²) in [5.41, 5.74) is 1.48. The van der Waals surface area contributed by atoms with Crippen molar-refractivity contribution in [2.24, 2.45) is 13.0 Å². The first-order chi connectivity index (χ1) is 33.1. The molecule has 2 atom stereocenters. The second-order valence-corrected chi connectivity index (χ2v) is 18.5. The molecule has 3 fully saturated rings. The summed E-state index contributed by atoms with van der Waals surface area (Å²) in [6, 6.07) is 7.21. The van der Waals surface area contributed by atoms with Crippen LogP contribution in [-0.2, 0) is 32.7 Å². The van der Waals surface area contributed by atoms with Crippen molar-refractivity contribution >= 4 is 50.2 Å². The predicted molar refractivity (Wildman–Crippen MR) is 250 cm³/mol. The predicted octanol–water partition coefficient (Wildman–Crippen LogP) is 5.55. The SMILES string of the molecule is CN[C@@H](C)C(=O)NC(C(=O)N1CCN(C(=O)c2cc3c(OCCOCCOCCOc4cc(CN5CCC(Oc6ccnc7ccsc67)CC5)on4)c(F)c(F)cc3n2C)CC1)C1CCCCC1. The number of carbonyl (C=O) groups is 3. The van der Waals surface area contributed by atoms with Gasteiger partial charge in [-0.25, -0.2) is 4.39 Å². The number of ether oxygens (including phenoxy) is 5. The van der Waals surface area contributed by atoms with Gasteiger partial charge in [0.15, 0.2) is 17.3 Å². The number of hydrogen-bond acceptors (Lipinski definition) is 14. The van der Waals surface area contributed by atoms with Crippen molar-refractivity contribution in [3.05, 3.63) is 65.0 Å². The number of likely N-dealkylation sites (N-methyl/N-ethyl adjacent to an activating group) is 1. The Labute approximate surface area is 398 Å². The molecule has 2 saturated heterocycles. The molecule has 1 aromatic carbocycles. The molecule has 68 heavy (non-hydrogen) atoms. The monoisotopic (exact) mass is 964 g/mol. The van der Waals surface area contributed by atoms with E-state index in [-0.39, 0.29) is 99.3 Å². The Bertz CT molecular complexity index is 2480. The van der Waals surface area contributed by atoms with Crippen LogP contribution in [0.25, 0.3) is 21.1 Å². The summed E-state index contributed by atoms with van der Waals surface area (Å²) in [7, 11) is 3.32.